The lowest BCUT2D eigenvalue weighted by molar-refractivity contribution is -0.143. The Morgan fingerprint density at radius 2 is 1.24 bits per heavy atom. The van der Waals surface area contributed by atoms with Crippen LogP contribution in [0, 0.1) is 0 Å². The predicted molar refractivity (Wildman–Crippen MR) is 58.9 cm³/mol. The normalized spacial score (nSPS) is 14.8. The Labute approximate surface area is 107 Å². The van der Waals surface area contributed by atoms with E-state index in [0.29, 0.717) is 0 Å². The van der Waals surface area contributed by atoms with E-state index in [0.717, 1.165) is 12.1 Å². The van der Waals surface area contributed by atoms with Crippen LogP contribution in [-0.2, 0) is 12.4 Å². The van der Waals surface area contributed by atoms with Crippen molar-refractivity contribution in [2.75, 3.05) is 0 Å². The molecule has 1 aromatic rings. The van der Waals surface area contributed by atoms with E-state index in [1.54, 1.807) is 22.6 Å². The third kappa shape index (κ3) is 3.75. The Kier molecular flexibility index (Phi) is 4.00. The Bertz CT molecular complexity index is 372. The molecule has 0 aliphatic rings. The SMILES string of the molecule is C[C@H](I)c1cc(C(F)(F)F)cc(C(F)(F)F)c1. The highest BCUT2D eigenvalue weighted by Gasteiger charge is 2.37. The zero-order chi connectivity index (χ0) is 13.4. The summed E-state index contributed by atoms with van der Waals surface area (Å²) in [5, 5.41) is 0. The van der Waals surface area contributed by atoms with Crippen molar-refractivity contribution in [2.45, 2.75) is 23.2 Å². The van der Waals surface area contributed by atoms with Gasteiger partial charge in [-0.05, 0) is 30.7 Å². The number of halogens is 7. The van der Waals surface area contributed by atoms with E-state index in [2.05, 4.69) is 0 Å². The molecule has 0 aromatic heterocycles. The van der Waals surface area contributed by atoms with E-state index in [-0.39, 0.29) is 11.6 Å². The largest absolute Gasteiger partial charge is 0.416 e. The molecule has 1 atom stereocenters. The molecule has 0 aliphatic carbocycles. The van der Waals surface area contributed by atoms with Gasteiger partial charge >= 0.3 is 12.4 Å². The van der Waals surface area contributed by atoms with Crippen LogP contribution in [0.4, 0.5) is 26.3 Å². The standard InChI is InChI=1S/C10H7F6I/c1-5(17)6-2-7(9(11,12)13)4-8(3-6)10(14,15)16/h2-5H,1H3/t5-/m0/s1. The van der Waals surface area contributed by atoms with Crippen LogP contribution in [-0.4, -0.2) is 0 Å². The fourth-order valence-electron chi connectivity index (χ4n) is 1.21. The number of rotatable bonds is 1. The van der Waals surface area contributed by atoms with Crippen LogP contribution in [0.5, 0.6) is 0 Å². The average molecular weight is 368 g/mol. The fourth-order valence-corrected chi connectivity index (χ4v) is 1.57. The van der Waals surface area contributed by atoms with Crippen LogP contribution in [0.1, 0.15) is 27.5 Å². The molecule has 17 heavy (non-hydrogen) atoms. The van der Waals surface area contributed by atoms with Crippen LogP contribution >= 0.6 is 22.6 Å². The lowest BCUT2D eigenvalue weighted by Gasteiger charge is -2.15. The summed E-state index contributed by atoms with van der Waals surface area (Å²) in [5.74, 6) is 0. The summed E-state index contributed by atoms with van der Waals surface area (Å²) in [4.78, 5) is 0. The molecule has 0 heterocycles. The van der Waals surface area contributed by atoms with Crippen molar-refractivity contribution in [1.82, 2.24) is 0 Å². The van der Waals surface area contributed by atoms with E-state index in [1.807, 2.05) is 0 Å². The summed E-state index contributed by atoms with van der Waals surface area (Å²) < 4.78 is 74.1. The first-order valence-electron chi connectivity index (χ1n) is 4.45. The van der Waals surface area contributed by atoms with E-state index >= 15 is 0 Å². The van der Waals surface area contributed by atoms with Gasteiger partial charge in [0.1, 0.15) is 0 Å². The smallest absolute Gasteiger partial charge is 0.166 e. The average Bonchev–Trinajstić information content (AvgIpc) is 2.14. The second-order valence-corrected chi connectivity index (χ2v) is 5.32. The zero-order valence-electron chi connectivity index (χ0n) is 8.46. The molecule has 0 amide bonds. The molecule has 96 valence electrons. The summed E-state index contributed by atoms with van der Waals surface area (Å²) in [6.45, 7) is 1.52. The van der Waals surface area contributed by atoms with Crippen LogP contribution in [0.2, 0.25) is 0 Å². The number of hydrogen-bond acceptors (Lipinski definition) is 0. The topological polar surface area (TPSA) is 0 Å². The maximum atomic E-state index is 12.4. The molecule has 0 N–H and O–H groups in total. The highest BCUT2D eigenvalue weighted by atomic mass is 127. The Balaban J connectivity index is 3.40. The van der Waals surface area contributed by atoms with Crippen LogP contribution < -0.4 is 0 Å². The van der Waals surface area contributed by atoms with Gasteiger partial charge in [0.25, 0.3) is 0 Å². The van der Waals surface area contributed by atoms with Gasteiger partial charge in [-0.2, -0.15) is 26.3 Å². The lowest BCUT2D eigenvalue weighted by atomic mass is 10.0. The zero-order valence-corrected chi connectivity index (χ0v) is 10.6. The number of hydrogen-bond donors (Lipinski definition) is 0. The van der Waals surface area contributed by atoms with E-state index < -0.39 is 27.4 Å². The predicted octanol–water partition coefficient (Wildman–Crippen LogP) is 5.22. The molecule has 0 nitrogen and oxygen atoms in total. The molecule has 7 heteroatoms. The monoisotopic (exact) mass is 368 g/mol. The molecule has 0 radical (unpaired) electrons. The summed E-state index contributed by atoms with van der Waals surface area (Å²) in [7, 11) is 0. The van der Waals surface area contributed by atoms with Crippen LogP contribution in [0.15, 0.2) is 18.2 Å². The fraction of sp³-hybridized carbons (Fsp3) is 0.400. The summed E-state index contributed by atoms with van der Waals surface area (Å²) in [6, 6.07) is 1.61. The van der Waals surface area contributed by atoms with Gasteiger partial charge in [-0.15, -0.1) is 0 Å². The van der Waals surface area contributed by atoms with Crippen molar-refractivity contribution in [3.05, 3.63) is 34.9 Å². The number of benzene rings is 1. The Morgan fingerprint density at radius 3 is 1.47 bits per heavy atom. The molecule has 0 saturated heterocycles. The first-order valence-corrected chi connectivity index (χ1v) is 5.70. The molecule has 0 fully saturated rings. The van der Waals surface area contributed by atoms with Crippen molar-refractivity contribution in [3.8, 4) is 0 Å². The molecular weight excluding hydrogens is 361 g/mol. The molecule has 0 saturated carbocycles. The van der Waals surface area contributed by atoms with Crippen molar-refractivity contribution in [1.29, 1.82) is 0 Å². The Hall–Kier alpha value is -0.470. The van der Waals surface area contributed by atoms with Gasteiger partial charge in [0.2, 0.25) is 0 Å². The van der Waals surface area contributed by atoms with Gasteiger partial charge in [0.15, 0.2) is 0 Å². The van der Waals surface area contributed by atoms with Gasteiger partial charge in [0, 0.05) is 3.92 Å². The number of alkyl halides is 7. The van der Waals surface area contributed by atoms with Gasteiger partial charge < -0.3 is 0 Å². The third-order valence-electron chi connectivity index (χ3n) is 2.07. The van der Waals surface area contributed by atoms with Crippen molar-refractivity contribution >= 4 is 22.6 Å². The maximum absolute atomic E-state index is 12.4. The molecule has 1 rings (SSSR count). The molecule has 0 aliphatic heterocycles. The lowest BCUT2D eigenvalue weighted by Crippen LogP contribution is -2.11. The first-order chi connectivity index (χ1) is 7.51. The summed E-state index contributed by atoms with van der Waals surface area (Å²) >= 11 is 1.76. The maximum Gasteiger partial charge on any atom is 0.416 e. The Morgan fingerprint density at radius 1 is 0.882 bits per heavy atom. The molecule has 0 unspecified atom stereocenters. The first kappa shape index (κ1) is 14.6. The summed E-state index contributed by atoms with van der Waals surface area (Å²) in [5.41, 5.74) is -2.54. The van der Waals surface area contributed by atoms with Crippen LogP contribution in [0.3, 0.4) is 0 Å². The molecule has 1 aromatic carbocycles. The molecule has 0 spiro atoms. The van der Waals surface area contributed by atoms with E-state index in [1.165, 1.54) is 6.92 Å². The minimum absolute atomic E-state index is 0.00718. The molecular formula is C10H7F6I. The summed E-state index contributed by atoms with van der Waals surface area (Å²) in [6.07, 6.45) is -9.55. The van der Waals surface area contributed by atoms with Gasteiger partial charge in [-0.25, -0.2) is 0 Å². The van der Waals surface area contributed by atoms with Gasteiger partial charge in [0.05, 0.1) is 11.1 Å². The highest BCUT2D eigenvalue weighted by Crippen LogP contribution is 2.38. The molecule has 0 bridgehead atoms. The van der Waals surface area contributed by atoms with Gasteiger partial charge in [-0.1, -0.05) is 22.6 Å². The van der Waals surface area contributed by atoms with Crippen molar-refractivity contribution < 1.29 is 26.3 Å². The minimum Gasteiger partial charge on any atom is -0.166 e. The van der Waals surface area contributed by atoms with Crippen LogP contribution in [0.25, 0.3) is 0 Å². The second kappa shape index (κ2) is 4.66. The highest BCUT2D eigenvalue weighted by molar-refractivity contribution is 14.1. The third-order valence-corrected chi connectivity index (χ3v) is 2.79. The quantitative estimate of drug-likeness (QED) is 0.362. The van der Waals surface area contributed by atoms with Crippen molar-refractivity contribution in [2.24, 2.45) is 0 Å². The minimum atomic E-state index is -4.78. The second-order valence-electron chi connectivity index (χ2n) is 3.46. The van der Waals surface area contributed by atoms with Gasteiger partial charge in [-0.3, -0.25) is 0 Å². The van der Waals surface area contributed by atoms with Crippen molar-refractivity contribution in [3.63, 3.8) is 0 Å². The van der Waals surface area contributed by atoms with E-state index in [4.69, 9.17) is 0 Å². The van der Waals surface area contributed by atoms with E-state index in [9.17, 15) is 26.3 Å².